The number of nitro groups is 1. The molecule has 0 aromatic heterocycles. The molecule has 9 heteroatoms. The number of hydrogen-bond donors (Lipinski definition) is 2. The Morgan fingerprint density at radius 3 is 2.55 bits per heavy atom. The Morgan fingerprint density at radius 1 is 1.40 bits per heavy atom. The second-order valence-electron chi connectivity index (χ2n) is 3.86. The molecule has 0 heterocycles. The van der Waals surface area contributed by atoms with Crippen molar-refractivity contribution in [3.63, 3.8) is 0 Å². The lowest BCUT2D eigenvalue weighted by atomic mass is 10.1. The van der Waals surface area contributed by atoms with Crippen molar-refractivity contribution in [3.05, 3.63) is 33.9 Å². The molecule has 20 heavy (non-hydrogen) atoms. The molecule has 1 aromatic carbocycles. The van der Waals surface area contributed by atoms with Crippen molar-refractivity contribution >= 4 is 17.3 Å². The van der Waals surface area contributed by atoms with E-state index in [0.717, 1.165) is 6.07 Å². The number of rotatable bonds is 5. The van der Waals surface area contributed by atoms with Crippen molar-refractivity contribution in [1.29, 1.82) is 0 Å². The summed E-state index contributed by atoms with van der Waals surface area (Å²) in [5, 5.41) is 15.5. The van der Waals surface area contributed by atoms with Gasteiger partial charge < -0.3 is 10.6 Å². The van der Waals surface area contributed by atoms with E-state index in [2.05, 4.69) is 10.6 Å². The average molecular weight is 291 g/mol. The normalized spacial score (nSPS) is 11.0. The predicted molar refractivity (Wildman–Crippen MR) is 65.6 cm³/mol. The van der Waals surface area contributed by atoms with E-state index in [0.29, 0.717) is 0 Å². The lowest BCUT2D eigenvalue weighted by molar-refractivity contribution is -0.384. The van der Waals surface area contributed by atoms with Gasteiger partial charge in [-0.25, -0.2) is 0 Å². The molecular formula is C11H12F3N3O3. The Kier molecular flexibility index (Phi) is 4.89. The zero-order chi connectivity index (χ0) is 15.3. The molecule has 0 radical (unpaired) electrons. The first-order valence-corrected chi connectivity index (χ1v) is 5.55. The van der Waals surface area contributed by atoms with E-state index in [4.69, 9.17) is 0 Å². The van der Waals surface area contributed by atoms with Gasteiger partial charge in [0.25, 0.3) is 11.6 Å². The molecule has 0 saturated heterocycles. The summed E-state index contributed by atoms with van der Waals surface area (Å²) in [7, 11) is 1.36. The number of nitrogens with one attached hydrogen (secondary N) is 2. The van der Waals surface area contributed by atoms with Gasteiger partial charge in [-0.2, -0.15) is 13.2 Å². The second-order valence-corrected chi connectivity index (χ2v) is 3.86. The van der Waals surface area contributed by atoms with Crippen LogP contribution >= 0.6 is 0 Å². The second kappa shape index (κ2) is 6.22. The van der Waals surface area contributed by atoms with Gasteiger partial charge in [0.2, 0.25) is 0 Å². The summed E-state index contributed by atoms with van der Waals surface area (Å²) in [5.41, 5.74) is -0.458. The van der Waals surface area contributed by atoms with Crippen LogP contribution < -0.4 is 10.6 Å². The zero-order valence-corrected chi connectivity index (χ0v) is 10.5. The standard InChI is InChI=1S/C11H12F3N3O3/c1-15-10(18)7-2-3-8(9(6-7)17(19)20)16-5-4-11(12,13)14/h2-3,6,16H,4-5H2,1H3,(H,15,18). The molecule has 2 N–H and O–H groups in total. The van der Waals surface area contributed by atoms with Crippen LogP contribution in [0.4, 0.5) is 24.5 Å². The molecule has 110 valence electrons. The van der Waals surface area contributed by atoms with Crippen LogP contribution in [0.3, 0.4) is 0 Å². The smallest absolute Gasteiger partial charge is 0.379 e. The fraction of sp³-hybridized carbons (Fsp3) is 0.364. The van der Waals surface area contributed by atoms with Gasteiger partial charge in [-0.1, -0.05) is 0 Å². The summed E-state index contributed by atoms with van der Waals surface area (Å²) in [6.45, 7) is -0.482. The number of hydrogen-bond acceptors (Lipinski definition) is 4. The minimum absolute atomic E-state index is 0.0561. The van der Waals surface area contributed by atoms with E-state index < -0.39 is 35.7 Å². The Hall–Kier alpha value is -2.32. The number of amides is 1. The Bertz CT molecular complexity index is 517. The quantitative estimate of drug-likeness (QED) is 0.644. The number of halogens is 3. The summed E-state index contributed by atoms with van der Waals surface area (Å²) in [6.07, 6.45) is -5.45. The van der Waals surface area contributed by atoms with Gasteiger partial charge in [-0.15, -0.1) is 0 Å². The first kappa shape index (κ1) is 15.7. The van der Waals surface area contributed by atoms with Gasteiger partial charge in [0, 0.05) is 25.2 Å². The van der Waals surface area contributed by atoms with Gasteiger partial charge >= 0.3 is 6.18 Å². The summed E-state index contributed by atoms with van der Waals surface area (Å²) in [4.78, 5) is 21.4. The number of carbonyl (C=O) groups is 1. The Morgan fingerprint density at radius 2 is 2.05 bits per heavy atom. The molecule has 0 aliphatic carbocycles. The number of anilines is 1. The molecule has 0 aliphatic heterocycles. The van der Waals surface area contributed by atoms with Crippen molar-refractivity contribution in [1.82, 2.24) is 5.32 Å². The topological polar surface area (TPSA) is 84.3 Å². The Balaban J connectivity index is 2.91. The largest absolute Gasteiger partial charge is 0.390 e. The highest BCUT2D eigenvalue weighted by Gasteiger charge is 2.26. The van der Waals surface area contributed by atoms with Crippen LogP contribution in [-0.2, 0) is 0 Å². The van der Waals surface area contributed by atoms with Crippen LogP contribution in [0.1, 0.15) is 16.8 Å². The summed E-state index contributed by atoms with van der Waals surface area (Å²) < 4.78 is 36.0. The van der Waals surface area contributed by atoms with Crippen molar-refractivity contribution in [2.24, 2.45) is 0 Å². The van der Waals surface area contributed by atoms with E-state index in [9.17, 15) is 28.1 Å². The van der Waals surface area contributed by atoms with Gasteiger partial charge in [0.1, 0.15) is 5.69 Å². The molecule has 1 rings (SSSR count). The molecule has 6 nitrogen and oxygen atoms in total. The lowest BCUT2D eigenvalue weighted by Gasteiger charge is -2.10. The minimum atomic E-state index is -4.34. The maximum atomic E-state index is 12.0. The van der Waals surface area contributed by atoms with E-state index in [1.807, 2.05) is 0 Å². The molecule has 0 spiro atoms. The zero-order valence-electron chi connectivity index (χ0n) is 10.5. The molecule has 1 aromatic rings. The fourth-order valence-electron chi connectivity index (χ4n) is 1.46. The number of nitro benzene ring substituents is 1. The van der Waals surface area contributed by atoms with Crippen molar-refractivity contribution in [2.75, 3.05) is 18.9 Å². The molecule has 0 fully saturated rings. The number of nitrogens with zero attached hydrogens (tertiary/aromatic N) is 1. The molecule has 0 aliphatic rings. The lowest BCUT2D eigenvalue weighted by Crippen LogP contribution is -2.18. The highest BCUT2D eigenvalue weighted by Crippen LogP contribution is 2.26. The molecular weight excluding hydrogens is 279 g/mol. The van der Waals surface area contributed by atoms with Gasteiger partial charge in [-0.3, -0.25) is 14.9 Å². The minimum Gasteiger partial charge on any atom is -0.379 e. The van der Waals surface area contributed by atoms with Crippen LogP contribution in [0, 0.1) is 10.1 Å². The van der Waals surface area contributed by atoms with Crippen LogP contribution in [0.15, 0.2) is 18.2 Å². The third-order valence-corrected chi connectivity index (χ3v) is 2.41. The molecule has 0 atom stereocenters. The van der Waals surface area contributed by atoms with E-state index in [1.165, 1.54) is 19.2 Å². The molecule has 0 saturated carbocycles. The molecule has 1 amide bonds. The molecule has 0 unspecified atom stereocenters. The van der Waals surface area contributed by atoms with Gasteiger partial charge in [-0.05, 0) is 12.1 Å². The summed E-state index contributed by atoms with van der Waals surface area (Å²) in [6, 6.07) is 3.51. The van der Waals surface area contributed by atoms with Crippen molar-refractivity contribution < 1.29 is 22.9 Å². The van der Waals surface area contributed by atoms with Gasteiger partial charge in [0.05, 0.1) is 11.3 Å². The Labute approximate surface area is 112 Å². The number of alkyl halides is 3. The van der Waals surface area contributed by atoms with Crippen molar-refractivity contribution in [3.8, 4) is 0 Å². The summed E-state index contributed by atoms with van der Waals surface area (Å²) >= 11 is 0. The van der Waals surface area contributed by atoms with Crippen LogP contribution in [0.25, 0.3) is 0 Å². The van der Waals surface area contributed by atoms with Crippen molar-refractivity contribution in [2.45, 2.75) is 12.6 Å². The monoisotopic (exact) mass is 291 g/mol. The van der Waals surface area contributed by atoms with Crippen LogP contribution in [-0.4, -0.2) is 30.6 Å². The molecule has 0 bridgehead atoms. The third-order valence-electron chi connectivity index (χ3n) is 2.41. The van der Waals surface area contributed by atoms with E-state index >= 15 is 0 Å². The highest BCUT2D eigenvalue weighted by atomic mass is 19.4. The average Bonchev–Trinajstić information content (AvgIpc) is 2.36. The first-order chi connectivity index (χ1) is 9.24. The number of carbonyl (C=O) groups excluding carboxylic acids is 1. The fourth-order valence-corrected chi connectivity index (χ4v) is 1.46. The maximum absolute atomic E-state index is 12.0. The third kappa shape index (κ3) is 4.41. The summed E-state index contributed by atoms with van der Waals surface area (Å²) in [5.74, 6) is -0.519. The van der Waals surface area contributed by atoms with E-state index in [-0.39, 0.29) is 11.3 Å². The van der Waals surface area contributed by atoms with Gasteiger partial charge in [0.15, 0.2) is 0 Å². The SMILES string of the molecule is CNC(=O)c1ccc(NCCC(F)(F)F)c([N+](=O)[O-])c1. The van der Waals surface area contributed by atoms with Crippen LogP contribution in [0.2, 0.25) is 0 Å². The predicted octanol–water partition coefficient (Wildman–Crippen LogP) is 2.32. The number of benzene rings is 1. The van der Waals surface area contributed by atoms with Crippen LogP contribution in [0.5, 0.6) is 0 Å². The highest BCUT2D eigenvalue weighted by molar-refractivity contribution is 5.95. The maximum Gasteiger partial charge on any atom is 0.390 e. The van der Waals surface area contributed by atoms with E-state index in [1.54, 1.807) is 0 Å². The first-order valence-electron chi connectivity index (χ1n) is 5.55.